The van der Waals surface area contributed by atoms with Crippen LogP contribution in [-0.4, -0.2) is 48.2 Å². The molecule has 0 unspecified atom stereocenters. The van der Waals surface area contributed by atoms with Gasteiger partial charge in [-0.1, -0.05) is 60.7 Å². The third-order valence-corrected chi connectivity index (χ3v) is 3.61. The lowest BCUT2D eigenvalue weighted by Gasteiger charge is -2.19. The molecule has 0 amide bonds. The lowest BCUT2D eigenvalue weighted by molar-refractivity contribution is -0.150. The highest BCUT2D eigenvalue weighted by Gasteiger charge is 2.16. The number of benzene rings is 2. The van der Waals surface area contributed by atoms with Gasteiger partial charge >= 0.3 is 11.9 Å². The Labute approximate surface area is 153 Å². The van der Waals surface area contributed by atoms with Gasteiger partial charge in [0.2, 0.25) is 0 Å². The Balaban J connectivity index is 1.75. The Bertz CT molecular complexity index is 618. The summed E-state index contributed by atoms with van der Waals surface area (Å²) in [7, 11) is 0. The molecular formula is C20H23NO5. The van der Waals surface area contributed by atoms with Gasteiger partial charge in [0, 0.05) is 6.54 Å². The maximum Gasteiger partial charge on any atom is 0.320 e. The summed E-state index contributed by atoms with van der Waals surface area (Å²) in [5.41, 5.74) is 1.77. The molecule has 0 heterocycles. The van der Waals surface area contributed by atoms with Gasteiger partial charge in [-0.25, -0.2) is 0 Å². The molecule has 6 heteroatoms. The molecule has 0 aliphatic heterocycles. The quantitative estimate of drug-likeness (QED) is 0.653. The molecule has 0 aliphatic carbocycles. The molecule has 0 saturated heterocycles. The van der Waals surface area contributed by atoms with Gasteiger partial charge in [0.05, 0.1) is 19.7 Å². The predicted octanol–water partition coefficient (Wildman–Crippen LogP) is 1.77. The summed E-state index contributed by atoms with van der Waals surface area (Å²) in [6, 6.07) is 18.7. The van der Waals surface area contributed by atoms with E-state index in [0.717, 1.165) is 11.1 Å². The lowest BCUT2D eigenvalue weighted by atomic mass is 10.2. The Morgan fingerprint density at radius 3 is 1.58 bits per heavy atom. The number of carbonyl (C=O) groups excluding carboxylic acids is 2. The van der Waals surface area contributed by atoms with Gasteiger partial charge in [0.15, 0.2) is 0 Å². The minimum absolute atomic E-state index is 0.0895. The van der Waals surface area contributed by atoms with Gasteiger partial charge in [-0.15, -0.1) is 0 Å². The van der Waals surface area contributed by atoms with E-state index in [2.05, 4.69) is 0 Å². The van der Waals surface area contributed by atoms with E-state index in [9.17, 15) is 9.59 Å². The molecule has 138 valence electrons. The number of hydrogen-bond acceptors (Lipinski definition) is 6. The van der Waals surface area contributed by atoms with Crippen LogP contribution in [0.25, 0.3) is 0 Å². The van der Waals surface area contributed by atoms with E-state index in [4.69, 9.17) is 14.6 Å². The Morgan fingerprint density at radius 2 is 1.19 bits per heavy atom. The minimum atomic E-state index is -0.460. The topological polar surface area (TPSA) is 76.1 Å². The second-order valence-corrected chi connectivity index (χ2v) is 5.73. The van der Waals surface area contributed by atoms with Crippen LogP contribution in [0, 0.1) is 0 Å². The highest BCUT2D eigenvalue weighted by Crippen LogP contribution is 2.03. The number of aliphatic hydroxyl groups excluding tert-OH is 1. The van der Waals surface area contributed by atoms with E-state index in [0.29, 0.717) is 0 Å². The first-order valence-corrected chi connectivity index (χ1v) is 8.39. The summed E-state index contributed by atoms with van der Waals surface area (Å²) >= 11 is 0. The molecule has 0 spiro atoms. The normalized spacial score (nSPS) is 10.5. The molecule has 6 nitrogen and oxygen atoms in total. The van der Waals surface area contributed by atoms with Crippen molar-refractivity contribution in [2.24, 2.45) is 0 Å². The molecule has 26 heavy (non-hydrogen) atoms. The van der Waals surface area contributed by atoms with Gasteiger partial charge in [-0.05, 0) is 11.1 Å². The molecule has 2 aromatic rings. The molecule has 1 N–H and O–H groups in total. The van der Waals surface area contributed by atoms with Crippen LogP contribution < -0.4 is 0 Å². The number of ether oxygens (including phenoxy) is 2. The highest BCUT2D eigenvalue weighted by atomic mass is 16.5. The predicted molar refractivity (Wildman–Crippen MR) is 96.0 cm³/mol. The van der Waals surface area contributed by atoms with Crippen LogP contribution >= 0.6 is 0 Å². The van der Waals surface area contributed by atoms with Crippen LogP contribution in [0.1, 0.15) is 11.1 Å². The second-order valence-electron chi connectivity index (χ2n) is 5.73. The molecule has 2 aromatic carbocycles. The van der Waals surface area contributed by atoms with Crippen molar-refractivity contribution in [2.75, 3.05) is 26.2 Å². The number of aliphatic hydroxyl groups is 1. The average molecular weight is 357 g/mol. The maximum atomic E-state index is 12.0. The molecule has 0 saturated carbocycles. The third kappa shape index (κ3) is 7.46. The van der Waals surface area contributed by atoms with Gasteiger partial charge in [0.25, 0.3) is 0 Å². The third-order valence-electron chi connectivity index (χ3n) is 3.61. The van der Waals surface area contributed by atoms with E-state index < -0.39 is 11.9 Å². The largest absolute Gasteiger partial charge is 0.460 e. The summed E-state index contributed by atoms with van der Waals surface area (Å²) in [5.74, 6) is -0.920. The lowest BCUT2D eigenvalue weighted by Crippen LogP contribution is -2.37. The highest BCUT2D eigenvalue weighted by molar-refractivity contribution is 5.75. The van der Waals surface area contributed by atoms with Crippen molar-refractivity contribution in [2.45, 2.75) is 13.2 Å². The van der Waals surface area contributed by atoms with Crippen LogP contribution in [0.2, 0.25) is 0 Å². The summed E-state index contributed by atoms with van der Waals surface area (Å²) in [6.45, 7) is 0.177. The molecule has 0 atom stereocenters. The standard InChI is InChI=1S/C20H23NO5/c22-12-11-21(13-19(23)25-15-17-7-3-1-4-8-17)14-20(24)26-16-18-9-5-2-6-10-18/h1-10,22H,11-16H2. The SMILES string of the molecule is O=C(CN(CCO)CC(=O)OCc1ccccc1)OCc1ccccc1. The number of rotatable bonds is 10. The smallest absolute Gasteiger partial charge is 0.320 e. The Hall–Kier alpha value is -2.70. The molecular weight excluding hydrogens is 334 g/mol. The van der Waals surface area contributed by atoms with Crippen LogP contribution in [0.4, 0.5) is 0 Å². The Morgan fingerprint density at radius 1 is 0.769 bits per heavy atom. The first-order chi connectivity index (χ1) is 12.7. The van der Waals surface area contributed by atoms with E-state index in [1.54, 1.807) is 0 Å². The van der Waals surface area contributed by atoms with Crippen LogP contribution in [-0.2, 0) is 32.3 Å². The molecule has 0 radical (unpaired) electrons. The zero-order chi connectivity index (χ0) is 18.6. The van der Waals surface area contributed by atoms with E-state index in [1.165, 1.54) is 4.90 Å². The van der Waals surface area contributed by atoms with Gasteiger partial charge < -0.3 is 14.6 Å². The fourth-order valence-electron chi connectivity index (χ4n) is 2.29. The van der Waals surface area contributed by atoms with Gasteiger partial charge in [0.1, 0.15) is 13.2 Å². The summed E-state index contributed by atoms with van der Waals surface area (Å²) in [4.78, 5) is 25.4. The molecule has 0 aliphatic rings. The van der Waals surface area contributed by atoms with E-state index in [1.807, 2.05) is 60.7 Å². The van der Waals surface area contributed by atoms with Crippen molar-refractivity contribution < 1.29 is 24.2 Å². The minimum Gasteiger partial charge on any atom is -0.460 e. The Kier molecular flexibility index (Phi) is 8.32. The first-order valence-electron chi connectivity index (χ1n) is 8.39. The van der Waals surface area contributed by atoms with Crippen LogP contribution in [0.3, 0.4) is 0 Å². The number of nitrogens with zero attached hydrogens (tertiary/aromatic N) is 1. The van der Waals surface area contributed by atoms with Crippen molar-refractivity contribution in [3.63, 3.8) is 0 Å². The van der Waals surface area contributed by atoms with Crippen molar-refractivity contribution in [3.8, 4) is 0 Å². The molecule has 0 bridgehead atoms. The fourth-order valence-corrected chi connectivity index (χ4v) is 2.29. The first kappa shape index (κ1) is 19.6. The number of esters is 2. The number of carbonyl (C=O) groups is 2. The number of hydrogen-bond donors (Lipinski definition) is 1. The molecule has 2 rings (SSSR count). The van der Waals surface area contributed by atoms with E-state index in [-0.39, 0.29) is 39.5 Å². The summed E-state index contributed by atoms with van der Waals surface area (Å²) in [5, 5.41) is 9.13. The van der Waals surface area contributed by atoms with E-state index >= 15 is 0 Å². The average Bonchev–Trinajstić information content (AvgIpc) is 2.66. The van der Waals surface area contributed by atoms with Crippen LogP contribution in [0.15, 0.2) is 60.7 Å². The zero-order valence-corrected chi connectivity index (χ0v) is 14.5. The maximum absolute atomic E-state index is 12.0. The van der Waals surface area contributed by atoms with Crippen molar-refractivity contribution in [3.05, 3.63) is 71.8 Å². The van der Waals surface area contributed by atoms with Crippen molar-refractivity contribution in [1.29, 1.82) is 0 Å². The second kappa shape index (κ2) is 11.0. The fraction of sp³-hybridized carbons (Fsp3) is 0.300. The summed E-state index contributed by atoms with van der Waals surface area (Å²) < 4.78 is 10.4. The molecule has 0 aromatic heterocycles. The van der Waals surface area contributed by atoms with Crippen molar-refractivity contribution in [1.82, 2.24) is 4.90 Å². The molecule has 0 fully saturated rings. The monoisotopic (exact) mass is 357 g/mol. The van der Waals surface area contributed by atoms with Gasteiger partial charge in [-0.2, -0.15) is 0 Å². The van der Waals surface area contributed by atoms with Gasteiger partial charge in [-0.3, -0.25) is 14.5 Å². The summed E-state index contributed by atoms with van der Waals surface area (Å²) in [6.07, 6.45) is 0. The van der Waals surface area contributed by atoms with Crippen molar-refractivity contribution >= 4 is 11.9 Å². The van der Waals surface area contributed by atoms with Crippen LogP contribution in [0.5, 0.6) is 0 Å². The zero-order valence-electron chi connectivity index (χ0n) is 14.5.